The molecule has 0 fully saturated rings. The van der Waals surface area contributed by atoms with E-state index in [0.29, 0.717) is 26.1 Å². The molecule has 0 aliphatic carbocycles. The Labute approximate surface area is 105 Å². The van der Waals surface area contributed by atoms with Crippen LogP contribution in [-0.4, -0.2) is 25.2 Å². The monoisotopic (exact) mass is 264 g/mol. The van der Waals surface area contributed by atoms with E-state index in [4.69, 9.17) is 9.05 Å². The minimum absolute atomic E-state index is 0.146. The predicted octanol–water partition coefficient (Wildman–Crippen LogP) is 3.79. The van der Waals surface area contributed by atoms with Gasteiger partial charge >= 0.3 is 7.60 Å². The van der Waals surface area contributed by atoms with Gasteiger partial charge in [-0.3, -0.25) is 4.57 Å². The first-order valence-electron chi connectivity index (χ1n) is 6.47. The van der Waals surface area contributed by atoms with Crippen LogP contribution in [0, 0.1) is 0 Å². The number of carbonyl (C=O) groups excluding carboxylic acids is 1. The van der Waals surface area contributed by atoms with Crippen LogP contribution in [0.1, 0.15) is 52.9 Å². The number of aldehydes is 1. The summed E-state index contributed by atoms with van der Waals surface area (Å²) >= 11 is 0. The number of unbranched alkanes of at least 4 members (excludes halogenated alkanes) is 1. The summed E-state index contributed by atoms with van der Waals surface area (Å²) in [5.74, 6) is 0. The van der Waals surface area contributed by atoms with Crippen LogP contribution in [0.5, 0.6) is 0 Å². The molecule has 102 valence electrons. The molecular formula is C12H25O4P. The molecule has 0 saturated carbocycles. The predicted molar refractivity (Wildman–Crippen MR) is 69.5 cm³/mol. The highest BCUT2D eigenvalue weighted by molar-refractivity contribution is 7.54. The van der Waals surface area contributed by atoms with Gasteiger partial charge in [0.25, 0.3) is 0 Å². The van der Waals surface area contributed by atoms with Crippen molar-refractivity contribution in [2.24, 2.45) is 0 Å². The molecule has 17 heavy (non-hydrogen) atoms. The molecule has 1 atom stereocenters. The van der Waals surface area contributed by atoms with Gasteiger partial charge in [-0.2, -0.15) is 0 Å². The molecule has 0 radical (unpaired) electrons. The SMILES string of the molecule is CCCCC(CCC=O)P(=O)(OCC)OCC. The van der Waals surface area contributed by atoms with Crippen molar-refractivity contribution >= 4 is 13.9 Å². The smallest absolute Gasteiger partial charge is 0.309 e. The van der Waals surface area contributed by atoms with Gasteiger partial charge in [0.1, 0.15) is 6.29 Å². The summed E-state index contributed by atoms with van der Waals surface area (Å²) in [6.45, 7) is 6.45. The van der Waals surface area contributed by atoms with Crippen LogP contribution in [0.15, 0.2) is 0 Å². The molecular weight excluding hydrogens is 239 g/mol. The molecule has 0 aliphatic rings. The minimum atomic E-state index is -3.05. The fourth-order valence-electron chi connectivity index (χ4n) is 1.77. The molecule has 1 unspecified atom stereocenters. The lowest BCUT2D eigenvalue weighted by Crippen LogP contribution is -2.14. The standard InChI is InChI=1S/C12H25O4P/c1-4-7-9-12(10-8-11-13)17(14,15-5-2)16-6-3/h11-12H,4-10H2,1-3H3. The average molecular weight is 264 g/mol. The highest BCUT2D eigenvalue weighted by Crippen LogP contribution is 2.56. The van der Waals surface area contributed by atoms with Gasteiger partial charge in [-0.1, -0.05) is 19.8 Å². The third kappa shape index (κ3) is 6.35. The Bertz CT molecular complexity index is 233. The zero-order valence-corrected chi connectivity index (χ0v) is 12.1. The zero-order valence-electron chi connectivity index (χ0n) is 11.2. The van der Waals surface area contributed by atoms with Gasteiger partial charge in [0.15, 0.2) is 0 Å². The highest BCUT2D eigenvalue weighted by atomic mass is 31.2. The molecule has 0 rings (SSSR count). The molecule has 0 aromatic heterocycles. The molecule has 5 heteroatoms. The fraction of sp³-hybridized carbons (Fsp3) is 0.917. The van der Waals surface area contributed by atoms with E-state index in [1.807, 2.05) is 13.8 Å². The summed E-state index contributed by atoms with van der Waals surface area (Å²) in [6, 6.07) is 0. The van der Waals surface area contributed by atoms with E-state index >= 15 is 0 Å². The highest BCUT2D eigenvalue weighted by Gasteiger charge is 2.34. The maximum absolute atomic E-state index is 12.6. The van der Waals surface area contributed by atoms with Crippen molar-refractivity contribution in [1.82, 2.24) is 0 Å². The lowest BCUT2D eigenvalue weighted by Gasteiger charge is -2.25. The van der Waals surface area contributed by atoms with E-state index in [1.165, 1.54) is 0 Å². The van der Waals surface area contributed by atoms with Crippen molar-refractivity contribution < 1.29 is 18.4 Å². The molecule has 0 saturated heterocycles. The van der Waals surface area contributed by atoms with E-state index in [2.05, 4.69) is 6.92 Å². The third-order valence-electron chi connectivity index (χ3n) is 2.57. The number of hydrogen-bond donors (Lipinski definition) is 0. The van der Waals surface area contributed by atoms with Crippen molar-refractivity contribution in [3.63, 3.8) is 0 Å². The normalized spacial score (nSPS) is 13.6. The first kappa shape index (κ1) is 16.8. The summed E-state index contributed by atoms with van der Waals surface area (Å²) in [4.78, 5) is 10.5. The summed E-state index contributed by atoms with van der Waals surface area (Å²) in [7, 11) is -3.05. The van der Waals surface area contributed by atoms with E-state index in [0.717, 1.165) is 25.5 Å². The molecule has 4 nitrogen and oxygen atoms in total. The molecule has 0 N–H and O–H groups in total. The van der Waals surface area contributed by atoms with Crippen LogP contribution in [0.4, 0.5) is 0 Å². The topological polar surface area (TPSA) is 52.6 Å². The Morgan fingerprint density at radius 1 is 1.12 bits per heavy atom. The van der Waals surface area contributed by atoms with E-state index in [9.17, 15) is 9.36 Å². The van der Waals surface area contributed by atoms with Crippen LogP contribution in [-0.2, 0) is 18.4 Å². The van der Waals surface area contributed by atoms with Crippen LogP contribution in [0.2, 0.25) is 0 Å². The molecule has 0 bridgehead atoms. The van der Waals surface area contributed by atoms with E-state index in [1.54, 1.807) is 0 Å². The molecule has 0 spiro atoms. The van der Waals surface area contributed by atoms with Crippen molar-refractivity contribution in [3.05, 3.63) is 0 Å². The van der Waals surface area contributed by atoms with Gasteiger partial charge in [-0.15, -0.1) is 0 Å². The second-order valence-electron chi connectivity index (χ2n) is 3.92. The number of carbonyl (C=O) groups is 1. The Morgan fingerprint density at radius 3 is 2.12 bits per heavy atom. The van der Waals surface area contributed by atoms with Crippen molar-refractivity contribution in [3.8, 4) is 0 Å². The second-order valence-corrected chi connectivity index (χ2v) is 6.24. The first-order chi connectivity index (χ1) is 8.14. The molecule has 0 aliphatic heterocycles. The number of rotatable bonds is 11. The Hall–Kier alpha value is -0.180. The van der Waals surface area contributed by atoms with Gasteiger partial charge in [0, 0.05) is 6.42 Å². The summed E-state index contributed by atoms with van der Waals surface area (Å²) in [5.41, 5.74) is -0.146. The van der Waals surface area contributed by atoms with Crippen LogP contribution < -0.4 is 0 Å². The van der Waals surface area contributed by atoms with Crippen molar-refractivity contribution in [2.75, 3.05) is 13.2 Å². The number of hydrogen-bond acceptors (Lipinski definition) is 4. The summed E-state index contributed by atoms with van der Waals surface area (Å²) in [6.07, 6.45) is 4.67. The third-order valence-corrected chi connectivity index (χ3v) is 5.22. The zero-order chi connectivity index (χ0) is 13.1. The lowest BCUT2D eigenvalue weighted by molar-refractivity contribution is -0.107. The van der Waals surface area contributed by atoms with Crippen LogP contribution in [0.3, 0.4) is 0 Å². The first-order valence-corrected chi connectivity index (χ1v) is 8.08. The Morgan fingerprint density at radius 2 is 1.71 bits per heavy atom. The lowest BCUT2D eigenvalue weighted by atomic mass is 10.1. The quantitative estimate of drug-likeness (QED) is 0.421. The van der Waals surface area contributed by atoms with Crippen LogP contribution >= 0.6 is 7.60 Å². The molecule has 0 heterocycles. The maximum Gasteiger partial charge on any atom is 0.333 e. The van der Waals surface area contributed by atoms with Gasteiger partial charge < -0.3 is 13.8 Å². The second kappa shape index (κ2) is 9.81. The molecule has 0 amide bonds. The van der Waals surface area contributed by atoms with E-state index in [-0.39, 0.29) is 5.66 Å². The van der Waals surface area contributed by atoms with Crippen molar-refractivity contribution in [2.45, 2.75) is 58.5 Å². The molecule has 0 aromatic carbocycles. The maximum atomic E-state index is 12.6. The summed E-state index contributed by atoms with van der Waals surface area (Å²) in [5, 5.41) is 0. The van der Waals surface area contributed by atoms with Gasteiger partial charge in [-0.05, 0) is 26.7 Å². The van der Waals surface area contributed by atoms with Gasteiger partial charge in [0.05, 0.1) is 18.9 Å². The largest absolute Gasteiger partial charge is 0.333 e. The van der Waals surface area contributed by atoms with Gasteiger partial charge in [-0.25, -0.2) is 0 Å². The summed E-state index contributed by atoms with van der Waals surface area (Å²) < 4.78 is 23.3. The molecule has 0 aromatic rings. The Kier molecular flexibility index (Phi) is 9.71. The Balaban J connectivity index is 4.65. The van der Waals surface area contributed by atoms with Gasteiger partial charge in [0.2, 0.25) is 0 Å². The average Bonchev–Trinajstić information content (AvgIpc) is 2.29. The van der Waals surface area contributed by atoms with Crippen LogP contribution in [0.25, 0.3) is 0 Å². The minimum Gasteiger partial charge on any atom is -0.309 e. The fourth-order valence-corrected chi connectivity index (χ4v) is 3.95. The van der Waals surface area contributed by atoms with E-state index < -0.39 is 7.60 Å². The van der Waals surface area contributed by atoms with Crippen molar-refractivity contribution in [1.29, 1.82) is 0 Å².